The van der Waals surface area contributed by atoms with Crippen molar-refractivity contribution in [2.45, 2.75) is 16.0 Å². The van der Waals surface area contributed by atoms with Crippen molar-refractivity contribution in [3.05, 3.63) is 59.4 Å². The summed E-state index contributed by atoms with van der Waals surface area (Å²) in [5, 5.41) is 7.20. The lowest BCUT2D eigenvalue weighted by atomic mass is 10.1. The van der Waals surface area contributed by atoms with E-state index in [1.165, 1.54) is 24.3 Å². The normalized spacial score (nSPS) is 11.4. The van der Waals surface area contributed by atoms with Crippen molar-refractivity contribution in [3.63, 3.8) is 0 Å². The van der Waals surface area contributed by atoms with Crippen molar-refractivity contribution >= 4 is 17.6 Å². The lowest BCUT2D eigenvalue weighted by molar-refractivity contribution is -0.137. The number of nitrogen functional groups attached to an aromatic ring is 1. The molecule has 0 aliphatic carbocycles. The molecule has 0 bridgehead atoms. The highest BCUT2D eigenvalue weighted by molar-refractivity contribution is 7.99. The van der Waals surface area contributed by atoms with E-state index in [9.17, 15) is 17.6 Å². The molecule has 0 unspecified atom stereocenters. The van der Waals surface area contributed by atoms with Crippen molar-refractivity contribution in [2.75, 3.05) is 0 Å². The molecule has 3 N–H and O–H groups in total. The van der Waals surface area contributed by atoms with E-state index in [1.807, 2.05) is 0 Å². The molecule has 21 heavy (non-hydrogen) atoms. The number of amidine groups is 1. The van der Waals surface area contributed by atoms with E-state index in [2.05, 4.69) is 0 Å². The Hall–Kier alpha value is -2.02. The molecule has 0 spiro atoms. The molecule has 0 heterocycles. The quantitative estimate of drug-likeness (QED) is 0.505. The molecule has 0 amide bonds. The van der Waals surface area contributed by atoms with E-state index in [-0.39, 0.29) is 10.5 Å². The summed E-state index contributed by atoms with van der Waals surface area (Å²) in [6, 6.07) is 9.04. The van der Waals surface area contributed by atoms with Crippen molar-refractivity contribution in [3.8, 4) is 0 Å². The lowest BCUT2D eigenvalue weighted by Crippen LogP contribution is -2.18. The fraction of sp³-hybridized carbons (Fsp3) is 0.0714. The van der Waals surface area contributed by atoms with Crippen LogP contribution in [0, 0.1) is 11.2 Å². The Morgan fingerprint density at radius 1 is 1.05 bits per heavy atom. The third-order valence-electron chi connectivity index (χ3n) is 2.62. The minimum absolute atomic E-state index is 0.290. The van der Waals surface area contributed by atoms with Gasteiger partial charge in [-0.3, -0.25) is 5.41 Å². The van der Waals surface area contributed by atoms with Crippen LogP contribution in [0.15, 0.2) is 52.3 Å². The average Bonchev–Trinajstić information content (AvgIpc) is 2.37. The van der Waals surface area contributed by atoms with E-state index in [4.69, 9.17) is 11.1 Å². The molecule has 7 heteroatoms. The van der Waals surface area contributed by atoms with Crippen LogP contribution in [0.5, 0.6) is 0 Å². The van der Waals surface area contributed by atoms with Gasteiger partial charge in [-0.05, 0) is 36.4 Å². The van der Waals surface area contributed by atoms with Gasteiger partial charge in [-0.25, -0.2) is 4.39 Å². The number of halogens is 4. The van der Waals surface area contributed by atoms with Gasteiger partial charge < -0.3 is 5.73 Å². The molecule has 2 rings (SSSR count). The molecule has 0 saturated heterocycles. The molecule has 0 radical (unpaired) electrons. The molecule has 0 saturated carbocycles. The summed E-state index contributed by atoms with van der Waals surface area (Å²) < 4.78 is 52.0. The maximum atomic E-state index is 13.1. The predicted octanol–water partition coefficient (Wildman–Crippen LogP) is 4.28. The molecule has 2 aromatic rings. The molecule has 110 valence electrons. The first-order chi connectivity index (χ1) is 9.77. The van der Waals surface area contributed by atoms with Crippen molar-refractivity contribution < 1.29 is 17.6 Å². The predicted molar refractivity (Wildman–Crippen MR) is 73.0 cm³/mol. The van der Waals surface area contributed by atoms with Gasteiger partial charge >= 0.3 is 6.18 Å². The summed E-state index contributed by atoms with van der Waals surface area (Å²) in [7, 11) is 0. The highest BCUT2D eigenvalue weighted by atomic mass is 32.2. The molecular formula is C14H10F4N2S. The summed E-state index contributed by atoms with van der Waals surface area (Å²) in [5.74, 6) is -1.11. The molecule has 0 aliphatic heterocycles. The van der Waals surface area contributed by atoms with Gasteiger partial charge in [0.1, 0.15) is 11.7 Å². The van der Waals surface area contributed by atoms with Crippen LogP contribution in [0.4, 0.5) is 17.6 Å². The SMILES string of the molecule is N=C(N)c1ccc(Sc2cccc(F)c2)cc1C(F)(F)F. The molecule has 2 aromatic carbocycles. The highest BCUT2D eigenvalue weighted by Crippen LogP contribution is 2.36. The van der Waals surface area contributed by atoms with Gasteiger partial charge in [0, 0.05) is 15.4 Å². The Kier molecular flexibility index (Phi) is 4.22. The van der Waals surface area contributed by atoms with Crippen molar-refractivity contribution in [2.24, 2.45) is 5.73 Å². The number of hydrogen-bond acceptors (Lipinski definition) is 2. The number of nitrogens with one attached hydrogen (secondary N) is 1. The fourth-order valence-corrected chi connectivity index (χ4v) is 2.63. The van der Waals surface area contributed by atoms with Crippen LogP contribution < -0.4 is 5.73 Å². The second-order valence-electron chi connectivity index (χ2n) is 4.18. The van der Waals surface area contributed by atoms with Gasteiger partial charge in [-0.2, -0.15) is 13.2 Å². The largest absolute Gasteiger partial charge is 0.417 e. The van der Waals surface area contributed by atoms with Gasteiger partial charge in [0.05, 0.1) is 5.56 Å². The molecule has 0 aromatic heterocycles. The minimum Gasteiger partial charge on any atom is -0.384 e. The van der Waals surface area contributed by atoms with Crippen LogP contribution >= 0.6 is 11.8 Å². The van der Waals surface area contributed by atoms with Crippen molar-refractivity contribution in [1.82, 2.24) is 0 Å². The van der Waals surface area contributed by atoms with Crippen LogP contribution in [0.1, 0.15) is 11.1 Å². The Morgan fingerprint density at radius 2 is 1.71 bits per heavy atom. The Balaban J connectivity index is 2.40. The number of alkyl halides is 3. The van der Waals surface area contributed by atoms with Crippen LogP contribution in [0.25, 0.3) is 0 Å². The first-order valence-electron chi connectivity index (χ1n) is 5.76. The summed E-state index contributed by atoms with van der Waals surface area (Å²) in [5.41, 5.74) is 3.82. The average molecular weight is 314 g/mol. The third-order valence-corrected chi connectivity index (χ3v) is 3.60. The van der Waals surface area contributed by atoms with Crippen LogP contribution in [0.2, 0.25) is 0 Å². The van der Waals surface area contributed by atoms with E-state index < -0.39 is 23.4 Å². The maximum absolute atomic E-state index is 13.1. The van der Waals surface area contributed by atoms with Gasteiger partial charge in [0.15, 0.2) is 0 Å². The summed E-state index contributed by atoms with van der Waals surface area (Å²) in [6.45, 7) is 0. The summed E-state index contributed by atoms with van der Waals surface area (Å²) >= 11 is 1.00. The number of rotatable bonds is 3. The van der Waals surface area contributed by atoms with Gasteiger partial charge in [-0.1, -0.05) is 17.8 Å². The van der Waals surface area contributed by atoms with E-state index >= 15 is 0 Å². The zero-order chi connectivity index (χ0) is 15.6. The minimum atomic E-state index is -4.61. The molecule has 0 fully saturated rings. The summed E-state index contributed by atoms with van der Waals surface area (Å²) in [6.07, 6.45) is -4.61. The standard InChI is InChI=1S/C14H10F4N2S/c15-8-2-1-3-9(6-8)21-10-4-5-11(13(19)20)12(7-10)14(16,17)18/h1-7H,(H3,19,20). The molecular weight excluding hydrogens is 304 g/mol. The first-order valence-corrected chi connectivity index (χ1v) is 6.58. The van der Waals surface area contributed by atoms with E-state index in [0.717, 1.165) is 23.9 Å². The zero-order valence-corrected chi connectivity index (χ0v) is 11.4. The van der Waals surface area contributed by atoms with E-state index in [0.29, 0.717) is 4.90 Å². The number of hydrogen-bond donors (Lipinski definition) is 2. The Morgan fingerprint density at radius 3 is 2.29 bits per heavy atom. The van der Waals surface area contributed by atoms with Gasteiger partial charge in [-0.15, -0.1) is 0 Å². The maximum Gasteiger partial charge on any atom is 0.417 e. The fourth-order valence-electron chi connectivity index (χ4n) is 1.72. The van der Waals surface area contributed by atoms with Gasteiger partial charge in [0.25, 0.3) is 0 Å². The Labute approximate surface area is 122 Å². The van der Waals surface area contributed by atoms with Crippen LogP contribution in [-0.2, 0) is 6.18 Å². The van der Waals surface area contributed by atoms with Crippen molar-refractivity contribution in [1.29, 1.82) is 5.41 Å². The third kappa shape index (κ3) is 3.75. The van der Waals surface area contributed by atoms with E-state index in [1.54, 1.807) is 6.07 Å². The first kappa shape index (κ1) is 15.4. The number of nitrogens with two attached hydrogens (primary N) is 1. The highest BCUT2D eigenvalue weighted by Gasteiger charge is 2.34. The van der Waals surface area contributed by atoms with Crippen LogP contribution in [-0.4, -0.2) is 5.84 Å². The number of benzene rings is 2. The second-order valence-corrected chi connectivity index (χ2v) is 5.33. The molecule has 2 nitrogen and oxygen atoms in total. The topological polar surface area (TPSA) is 49.9 Å². The smallest absolute Gasteiger partial charge is 0.384 e. The lowest BCUT2D eigenvalue weighted by Gasteiger charge is -2.13. The molecule has 0 atom stereocenters. The second kappa shape index (κ2) is 5.77. The molecule has 0 aliphatic rings. The monoisotopic (exact) mass is 314 g/mol. The van der Waals surface area contributed by atoms with Gasteiger partial charge in [0.2, 0.25) is 0 Å². The zero-order valence-electron chi connectivity index (χ0n) is 10.5. The van der Waals surface area contributed by atoms with Crippen LogP contribution in [0.3, 0.4) is 0 Å². The Bertz CT molecular complexity index is 683. The summed E-state index contributed by atoms with van der Waals surface area (Å²) in [4.78, 5) is 0.775.